The predicted octanol–water partition coefficient (Wildman–Crippen LogP) is 0.594. The first-order chi connectivity index (χ1) is 19.8. The van der Waals surface area contributed by atoms with Gasteiger partial charge in [0.15, 0.2) is 0 Å². The minimum atomic E-state index is -1.27. The summed E-state index contributed by atoms with van der Waals surface area (Å²) in [5, 5.41) is 24.0. The number of rotatable bonds is 16. The first kappa shape index (κ1) is 33.9. The number of hydrogen-bond acceptors (Lipinski definition) is 7. The number of phenolic OH excluding ortho intramolecular Hbond substituents is 1. The fraction of sp³-hybridized carbons (Fsp3) is 0.414. The molecule has 228 valence electrons. The van der Waals surface area contributed by atoms with Gasteiger partial charge in [-0.1, -0.05) is 42.5 Å². The number of hydrogen-bond donors (Lipinski definition) is 5. The van der Waals surface area contributed by atoms with E-state index in [1.165, 1.54) is 37.3 Å². The topological polar surface area (TPSA) is 191 Å². The van der Waals surface area contributed by atoms with E-state index < -0.39 is 52.6 Å². The van der Waals surface area contributed by atoms with Crippen molar-refractivity contribution in [2.45, 2.75) is 50.7 Å². The van der Waals surface area contributed by atoms with E-state index in [0.717, 1.165) is 5.56 Å². The highest BCUT2D eigenvalue weighted by molar-refractivity contribution is 7.84. The molecule has 4 atom stereocenters. The van der Waals surface area contributed by atoms with Crippen molar-refractivity contribution in [1.82, 2.24) is 15.5 Å². The van der Waals surface area contributed by atoms with E-state index >= 15 is 0 Å². The fourth-order valence-corrected chi connectivity index (χ4v) is 4.65. The van der Waals surface area contributed by atoms with Crippen LogP contribution in [0.5, 0.6) is 5.75 Å². The molecule has 0 saturated carbocycles. The van der Waals surface area contributed by atoms with Crippen molar-refractivity contribution in [3.05, 3.63) is 65.7 Å². The highest BCUT2D eigenvalue weighted by atomic mass is 32.2. The molecule has 42 heavy (non-hydrogen) atoms. The Bertz CT molecular complexity index is 1270. The maximum atomic E-state index is 13.5. The summed E-state index contributed by atoms with van der Waals surface area (Å²) in [5.41, 5.74) is 7.24. The molecular weight excluding hydrogens is 562 g/mol. The largest absolute Gasteiger partial charge is 0.508 e. The highest BCUT2D eigenvalue weighted by Crippen LogP contribution is 2.14. The Labute approximate surface area is 247 Å². The van der Waals surface area contributed by atoms with Gasteiger partial charge in [-0.3, -0.25) is 28.4 Å². The van der Waals surface area contributed by atoms with Crippen LogP contribution in [0, 0.1) is 0 Å². The summed E-state index contributed by atoms with van der Waals surface area (Å²) in [4.78, 5) is 56.7. The van der Waals surface area contributed by atoms with Crippen molar-refractivity contribution >= 4 is 40.3 Å². The van der Waals surface area contributed by atoms with Gasteiger partial charge in [0.2, 0.25) is 17.7 Å². The maximum absolute atomic E-state index is 13.5. The zero-order valence-electron chi connectivity index (χ0n) is 24.0. The van der Waals surface area contributed by atoms with E-state index in [-0.39, 0.29) is 49.6 Å². The number of amidine groups is 1. The van der Waals surface area contributed by atoms with E-state index in [1.54, 1.807) is 36.4 Å². The molecule has 0 radical (unpaired) electrons. The number of nitrogens with two attached hydrogens (primary N) is 1. The summed E-state index contributed by atoms with van der Waals surface area (Å²) >= 11 is 0. The van der Waals surface area contributed by atoms with Gasteiger partial charge in [-0.05, 0) is 36.6 Å². The molecule has 6 N–H and O–H groups in total. The highest BCUT2D eigenvalue weighted by Gasteiger charge is 2.30. The van der Waals surface area contributed by atoms with E-state index in [4.69, 9.17) is 10.8 Å². The van der Waals surface area contributed by atoms with Crippen LogP contribution >= 0.6 is 0 Å². The first-order valence-electron chi connectivity index (χ1n) is 13.3. The Hall–Kier alpha value is -4.26. The normalized spacial score (nSPS) is 14.2. The molecule has 0 heterocycles. The molecule has 0 spiro atoms. The predicted molar refractivity (Wildman–Crippen MR) is 160 cm³/mol. The van der Waals surface area contributed by atoms with Crippen LogP contribution < -0.4 is 16.4 Å². The molecule has 2 aromatic carbocycles. The summed E-state index contributed by atoms with van der Waals surface area (Å²) in [5.74, 6) is -2.49. The second kappa shape index (κ2) is 16.9. The van der Waals surface area contributed by atoms with Crippen LogP contribution in [0.1, 0.15) is 30.9 Å². The zero-order chi connectivity index (χ0) is 31.2. The Morgan fingerprint density at radius 2 is 1.55 bits per heavy atom. The first-order valence-corrected chi connectivity index (χ1v) is 15.1. The summed E-state index contributed by atoms with van der Waals surface area (Å²) in [7, 11) is 0.182. The number of nitrogens with one attached hydrogen (secondary N) is 2. The minimum Gasteiger partial charge on any atom is -0.508 e. The lowest BCUT2D eigenvalue weighted by Crippen LogP contribution is -2.56. The van der Waals surface area contributed by atoms with Gasteiger partial charge < -0.3 is 31.5 Å². The van der Waals surface area contributed by atoms with E-state index in [2.05, 4.69) is 15.6 Å². The van der Waals surface area contributed by atoms with Crippen LogP contribution in [0.15, 0.2) is 59.6 Å². The van der Waals surface area contributed by atoms with Gasteiger partial charge in [0.25, 0.3) is 0 Å². The van der Waals surface area contributed by atoms with E-state index in [0.29, 0.717) is 5.56 Å². The summed E-state index contributed by atoms with van der Waals surface area (Å²) in [6.07, 6.45) is 1.50. The SMILES string of the molecule is CC(N)=N[C@@H](Cc1ccc(O)cc1)C(=O)N[C@H](CCS(C)=O)C(=O)N[C@@H](Cc1ccccc1)C(=O)N(C)CCC(=O)O. The molecule has 0 saturated heterocycles. The fourth-order valence-electron chi connectivity index (χ4n) is 4.08. The lowest BCUT2D eigenvalue weighted by Gasteiger charge is -2.27. The standard InChI is InChI=1S/C29H39N5O7S/c1-19(30)31-24(17-21-9-11-22(35)12-10-21)28(39)32-23(14-16-42(3)41)27(38)33-25(18-20-7-5-4-6-8-20)29(40)34(2)15-13-26(36)37/h4-12,23-25,35H,13-18H2,1-3H3,(H2,30,31)(H,32,39)(H,33,38)(H,36,37)/t23-,24+,25+,42?/m1/s1. The number of carboxylic acid groups (broad SMARTS) is 1. The lowest BCUT2D eigenvalue weighted by molar-refractivity contribution is -0.139. The van der Waals surface area contributed by atoms with Crippen molar-refractivity contribution in [3.63, 3.8) is 0 Å². The summed E-state index contributed by atoms with van der Waals surface area (Å²) in [6.45, 7) is 1.47. The number of aromatic hydroxyl groups is 1. The maximum Gasteiger partial charge on any atom is 0.305 e. The number of benzene rings is 2. The van der Waals surface area contributed by atoms with Gasteiger partial charge in [0, 0.05) is 49.2 Å². The van der Waals surface area contributed by atoms with Gasteiger partial charge in [0.1, 0.15) is 23.9 Å². The van der Waals surface area contributed by atoms with Gasteiger partial charge in [-0.15, -0.1) is 0 Å². The molecule has 3 amide bonds. The average Bonchev–Trinajstić information content (AvgIpc) is 2.93. The number of likely N-dealkylation sites (N-methyl/N-ethyl adjacent to an activating group) is 1. The quantitative estimate of drug-likeness (QED) is 0.136. The van der Waals surface area contributed by atoms with Gasteiger partial charge in [-0.2, -0.15) is 0 Å². The number of carboxylic acids is 1. The number of nitrogens with zero attached hydrogens (tertiary/aromatic N) is 2. The van der Waals surface area contributed by atoms with Crippen LogP contribution in [0.2, 0.25) is 0 Å². The number of carbonyl (C=O) groups is 4. The molecule has 2 rings (SSSR count). The number of phenols is 1. The van der Waals surface area contributed by atoms with Crippen molar-refractivity contribution in [2.75, 3.05) is 25.6 Å². The zero-order valence-corrected chi connectivity index (χ0v) is 24.8. The van der Waals surface area contributed by atoms with Crippen molar-refractivity contribution in [2.24, 2.45) is 10.7 Å². The summed E-state index contributed by atoms with van der Waals surface area (Å²) < 4.78 is 11.9. The molecule has 13 heteroatoms. The number of aliphatic carboxylic acids is 1. The van der Waals surface area contributed by atoms with Crippen molar-refractivity contribution < 1.29 is 33.6 Å². The molecule has 0 fully saturated rings. The van der Waals surface area contributed by atoms with Crippen LogP contribution in [-0.4, -0.2) is 92.6 Å². The Kier molecular flexibility index (Phi) is 13.6. The molecule has 0 aliphatic carbocycles. The molecule has 12 nitrogen and oxygen atoms in total. The molecule has 0 bridgehead atoms. The van der Waals surface area contributed by atoms with Gasteiger partial charge in [0.05, 0.1) is 12.3 Å². The van der Waals surface area contributed by atoms with Crippen LogP contribution in [0.3, 0.4) is 0 Å². The van der Waals surface area contributed by atoms with Gasteiger partial charge >= 0.3 is 5.97 Å². The number of carbonyl (C=O) groups excluding carboxylic acids is 3. The van der Waals surface area contributed by atoms with Crippen LogP contribution in [0.25, 0.3) is 0 Å². The van der Waals surface area contributed by atoms with E-state index in [9.17, 15) is 28.5 Å². The minimum absolute atomic E-state index is 0.0268. The second-order valence-corrected chi connectivity index (χ2v) is 11.5. The second-order valence-electron chi connectivity index (χ2n) is 9.94. The molecule has 0 aliphatic heterocycles. The molecule has 2 aromatic rings. The molecule has 0 aliphatic rings. The van der Waals surface area contributed by atoms with Gasteiger partial charge in [-0.25, -0.2) is 0 Å². The number of amides is 3. The molecule has 0 aromatic heterocycles. The third-order valence-electron chi connectivity index (χ3n) is 6.29. The third-order valence-corrected chi connectivity index (χ3v) is 7.10. The van der Waals surface area contributed by atoms with E-state index in [1.807, 2.05) is 6.07 Å². The van der Waals surface area contributed by atoms with Crippen LogP contribution in [-0.2, 0) is 42.8 Å². The Morgan fingerprint density at radius 1 is 0.952 bits per heavy atom. The molecular formula is C29H39N5O7S. The Balaban J connectivity index is 2.29. The summed E-state index contributed by atoms with van der Waals surface area (Å²) in [6, 6.07) is 12.0. The van der Waals surface area contributed by atoms with Crippen LogP contribution in [0.4, 0.5) is 0 Å². The smallest absolute Gasteiger partial charge is 0.305 e. The Morgan fingerprint density at radius 3 is 2.12 bits per heavy atom. The average molecular weight is 602 g/mol. The van der Waals surface area contributed by atoms with Crippen molar-refractivity contribution in [3.8, 4) is 5.75 Å². The lowest BCUT2D eigenvalue weighted by atomic mass is 10.0. The number of aliphatic imine (C=N–C) groups is 1. The monoisotopic (exact) mass is 601 g/mol. The molecule has 1 unspecified atom stereocenters. The van der Waals surface area contributed by atoms with Crippen molar-refractivity contribution in [1.29, 1.82) is 0 Å². The third kappa shape index (κ3) is 12.1.